The van der Waals surface area contributed by atoms with Crippen LogP contribution in [0.25, 0.3) is 0 Å². The fourth-order valence-electron chi connectivity index (χ4n) is 5.29. The van der Waals surface area contributed by atoms with Gasteiger partial charge in [-0.2, -0.15) is 4.98 Å². The Kier molecular flexibility index (Phi) is 6.03. The van der Waals surface area contributed by atoms with Crippen LogP contribution in [0.15, 0.2) is 29.1 Å². The first-order valence-corrected chi connectivity index (χ1v) is 11.5. The highest BCUT2D eigenvalue weighted by molar-refractivity contribution is 5.97. The molecule has 3 atom stereocenters. The number of nitrogens with zero attached hydrogens (tertiary/aromatic N) is 2. The molecule has 2 aliphatic carbocycles. The number of aliphatic carboxylic acids is 1. The maximum Gasteiger partial charge on any atom is 0.322 e. The van der Waals surface area contributed by atoms with E-state index in [1.54, 1.807) is 0 Å². The third kappa shape index (κ3) is 4.65. The van der Waals surface area contributed by atoms with Crippen LogP contribution in [0.5, 0.6) is 5.88 Å². The molecule has 8 heteroatoms. The summed E-state index contributed by atoms with van der Waals surface area (Å²) in [6, 6.07) is 8.00. The number of carbonyl (C=O) groups excluding carboxylic acids is 1. The third-order valence-electron chi connectivity index (χ3n) is 7.04. The van der Waals surface area contributed by atoms with E-state index in [4.69, 9.17) is 5.11 Å². The van der Waals surface area contributed by atoms with Gasteiger partial charge in [0.1, 0.15) is 12.4 Å². The number of aromatic nitrogens is 2. The number of hydrogen-bond donors (Lipinski definition) is 3. The third-order valence-corrected chi connectivity index (χ3v) is 7.04. The summed E-state index contributed by atoms with van der Waals surface area (Å²) in [5.74, 6) is -1.22. The van der Waals surface area contributed by atoms with Gasteiger partial charge < -0.3 is 15.5 Å². The SMILES string of the molecule is CC(C)(C)c1ccc(Cn2c(C3CC4CCC3C4)nc(O)c(C(=O)NCC(=O)O)c2=O)cc1. The predicted octanol–water partition coefficient (Wildman–Crippen LogP) is 3.01. The Balaban J connectivity index is 1.75. The van der Waals surface area contributed by atoms with Crippen LogP contribution in [0.3, 0.4) is 0 Å². The van der Waals surface area contributed by atoms with Crippen molar-refractivity contribution in [3.05, 3.63) is 57.1 Å². The molecule has 1 heterocycles. The molecular weight excluding hydrogens is 422 g/mol. The molecule has 4 rings (SSSR count). The zero-order valence-corrected chi connectivity index (χ0v) is 19.3. The van der Waals surface area contributed by atoms with Gasteiger partial charge >= 0.3 is 5.97 Å². The lowest BCUT2D eigenvalue weighted by Gasteiger charge is -2.25. The summed E-state index contributed by atoms with van der Waals surface area (Å²) in [7, 11) is 0. The number of carboxylic acid groups (broad SMARTS) is 1. The number of rotatable bonds is 6. The minimum Gasteiger partial charge on any atom is -0.493 e. The monoisotopic (exact) mass is 453 g/mol. The van der Waals surface area contributed by atoms with Gasteiger partial charge in [0.15, 0.2) is 5.56 Å². The summed E-state index contributed by atoms with van der Waals surface area (Å²) in [6.45, 7) is 5.96. The molecule has 2 fully saturated rings. The van der Waals surface area contributed by atoms with Gasteiger partial charge in [-0.3, -0.25) is 19.0 Å². The second-order valence-electron chi connectivity index (χ2n) is 10.4. The first kappa shape index (κ1) is 23.0. The van der Waals surface area contributed by atoms with Gasteiger partial charge in [-0.25, -0.2) is 0 Å². The van der Waals surface area contributed by atoms with Crippen molar-refractivity contribution in [3.63, 3.8) is 0 Å². The van der Waals surface area contributed by atoms with Crippen molar-refractivity contribution in [2.75, 3.05) is 6.54 Å². The lowest BCUT2D eigenvalue weighted by atomic mass is 9.86. The summed E-state index contributed by atoms with van der Waals surface area (Å²) in [5.41, 5.74) is 0.889. The zero-order valence-electron chi connectivity index (χ0n) is 19.3. The van der Waals surface area contributed by atoms with Crippen molar-refractivity contribution < 1.29 is 19.8 Å². The molecule has 0 radical (unpaired) electrons. The Morgan fingerprint density at radius 1 is 1.15 bits per heavy atom. The standard InChI is InChI=1S/C25H31N3O5/c1-25(2,3)17-8-5-14(6-9-17)13-28-21(18-11-15-4-7-16(18)10-15)27-23(32)20(24(28)33)22(31)26-12-19(29)30/h5-6,8-9,15-16,18,32H,4,7,10-13H2,1-3H3,(H,26,31)(H,29,30). The molecule has 2 bridgehead atoms. The Morgan fingerprint density at radius 2 is 1.85 bits per heavy atom. The van der Waals surface area contributed by atoms with Crippen LogP contribution in [0.2, 0.25) is 0 Å². The highest BCUT2D eigenvalue weighted by atomic mass is 16.4. The molecule has 176 valence electrons. The maximum atomic E-state index is 13.4. The second kappa shape index (κ2) is 8.65. The van der Waals surface area contributed by atoms with Gasteiger partial charge in [0, 0.05) is 5.92 Å². The molecule has 1 amide bonds. The molecule has 2 aliphatic rings. The van der Waals surface area contributed by atoms with Gasteiger partial charge in [-0.05, 0) is 47.6 Å². The van der Waals surface area contributed by atoms with Crippen LogP contribution in [0, 0.1) is 11.8 Å². The van der Waals surface area contributed by atoms with Crippen molar-refractivity contribution in [1.29, 1.82) is 0 Å². The molecule has 3 unspecified atom stereocenters. The van der Waals surface area contributed by atoms with Crippen LogP contribution in [-0.4, -0.2) is 38.2 Å². The van der Waals surface area contributed by atoms with E-state index in [0.29, 0.717) is 17.7 Å². The lowest BCUT2D eigenvalue weighted by molar-refractivity contribution is -0.135. The number of amides is 1. The lowest BCUT2D eigenvalue weighted by Crippen LogP contribution is -2.38. The number of carbonyl (C=O) groups is 2. The first-order chi connectivity index (χ1) is 15.5. The van der Waals surface area contributed by atoms with E-state index in [0.717, 1.165) is 24.8 Å². The number of fused-ring (bicyclic) bond motifs is 2. The number of hydrogen-bond acceptors (Lipinski definition) is 5. The van der Waals surface area contributed by atoms with E-state index in [2.05, 4.69) is 31.1 Å². The van der Waals surface area contributed by atoms with E-state index in [1.807, 2.05) is 24.3 Å². The smallest absolute Gasteiger partial charge is 0.322 e. The molecule has 0 aliphatic heterocycles. The normalized spacial score (nSPS) is 21.8. The van der Waals surface area contributed by atoms with Gasteiger partial charge in [-0.15, -0.1) is 0 Å². The van der Waals surface area contributed by atoms with Gasteiger partial charge in [-0.1, -0.05) is 51.5 Å². The summed E-state index contributed by atoms with van der Waals surface area (Å²) in [6.07, 6.45) is 4.28. The first-order valence-electron chi connectivity index (χ1n) is 11.5. The average molecular weight is 454 g/mol. The summed E-state index contributed by atoms with van der Waals surface area (Å²) in [5, 5.41) is 21.5. The molecular formula is C25H31N3O5. The second-order valence-corrected chi connectivity index (χ2v) is 10.4. The topological polar surface area (TPSA) is 122 Å². The molecule has 33 heavy (non-hydrogen) atoms. The van der Waals surface area contributed by atoms with E-state index in [9.17, 15) is 19.5 Å². The number of carboxylic acids is 1. The maximum absolute atomic E-state index is 13.4. The van der Waals surface area contributed by atoms with E-state index < -0.39 is 35.4 Å². The largest absolute Gasteiger partial charge is 0.493 e. The molecule has 1 aromatic heterocycles. The minimum atomic E-state index is -1.24. The van der Waals surface area contributed by atoms with Gasteiger partial charge in [0.2, 0.25) is 5.88 Å². The van der Waals surface area contributed by atoms with Crippen LogP contribution < -0.4 is 10.9 Å². The van der Waals surface area contributed by atoms with Gasteiger partial charge in [0.05, 0.1) is 6.54 Å². The van der Waals surface area contributed by atoms with Crippen LogP contribution >= 0.6 is 0 Å². The molecule has 3 N–H and O–H groups in total. The Bertz CT molecular complexity index is 1130. The summed E-state index contributed by atoms with van der Waals surface area (Å²) in [4.78, 5) is 41.2. The van der Waals surface area contributed by atoms with E-state index in [1.165, 1.54) is 16.6 Å². The zero-order chi connectivity index (χ0) is 23.9. The molecule has 0 saturated heterocycles. The number of nitrogens with one attached hydrogen (secondary N) is 1. The van der Waals surface area contributed by atoms with Crippen LogP contribution in [0.4, 0.5) is 0 Å². The van der Waals surface area contributed by atoms with Crippen molar-refractivity contribution in [1.82, 2.24) is 14.9 Å². The van der Waals surface area contributed by atoms with Crippen molar-refractivity contribution >= 4 is 11.9 Å². The fraction of sp³-hybridized carbons (Fsp3) is 0.520. The highest BCUT2D eigenvalue weighted by Gasteiger charge is 2.43. The number of aromatic hydroxyl groups is 1. The quantitative estimate of drug-likeness (QED) is 0.618. The van der Waals surface area contributed by atoms with Crippen molar-refractivity contribution in [3.8, 4) is 5.88 Å². The van der Waals surface area contributed by atoms with E-state index >= 15 is 0 Å². The Hall–Kier alpha value is -3.16. The minimum absolute atomic E-state index is 0.000891. The Morgan fingerprint density at radius 3 is 2.39 bits per heavy atom. The molecule has 1 aromatic carbocycles. The summed E-state index contributed by atoms with van der Waals surface area (Å²) >= 11 is 0. The number of benzene rings is 1. The van der Waals surface area contributed by atoms with Crippen molar-refractivity contribution in [2.45, 2.75) is 64.3 Å². The molecule has 8 nitrogen and oxygen atoms in total. The van der Waals surface area contributed by atoms with Crippen LogP contribution in [0.1, 0.15) is 79.7 Å². The molecule has 0 spiro atoms. The fourth-order valence-corrected chi connectivity index (χ4v) is 5.29. The highest BCUT2D eigenvalue weighted by Crippen LogP contribution is 2.52. The van der Waals surface area contributed by atoms with Gasteiger partial charge in [0.25, 0.3) is 11.5 Å². The predicted molar refractivity (Wildman–Crippen MR) is 123 cm³/mol. The van der Waals surface area contributed by atoms with Crippen molar-refractivity contribution in [2.24, 2.45) is 11.8 Å². The van der Waals surface area contributed by atoms with E-state index in [-0.39, 0.29) is 17.9 Å². The molecule has 2 saturated carbocycles. The van der Waals surface area contributed by atoms with Crippen LogP contribution in [-0.2, 0) is 16.8 Å². The Labute approximate surface area is 192 Å². The average Bonchev–Trinajstić information content (AvgIpc) is 3.37. The molecule has 2 aromatic rings. The summed E-state index contributed by atoms with van der Waals surface area (Å²) < 4.78 is 1.49.